The number of nitrogens with two attached hydrogens (primary N) is 1. The molecule has 19 nitrogen and oxygen atoms in total. The number of hydrogen-bond acceptors (Lipinski definition) is 13. The van der Waals surface area contributed by atoms with Crippen LogP contribution in [0.1, 0.15) is 65.2 Å². The van der Waals surface area contributed by atoms with Crippen LogP contribution >= 0.6 is 0 Å². The Morgan fingerprint density at radius 1 is 0.893 bits per heavy atom. The number of aromatic nitrogens is 2. The van der Waals surface area contributed by atoms with E-state index in [9.17, 15) is 44.1 Å². The van der Waals surface area contributed by atoms with E-state index in [0.717, 1.165) is 10.1 Å². The van der Waals surface area contributed by atoms with E-state index in [-0.39, 0.29) is 24.3 Å². The number of likely N-dealkylation sites (tertiary alicyclic amines) is 2. The lowest BCUT2D eigenvalue weighted by molar-refractivity contribution is -0.150. The van der Waals surface area contributed by atoms with E-state index >= 15 is 0 Å². The smallest absolute Gasteiger partial charge is 0.408 e. The minimum atomic E-state index is -1.31. The number of nitrogen functional groups attached to an aromatic ring is 1. The van der Waals surface area contributed by atoms with Crippen molar-refractivity contribution in [3.05, 3.63) is 58.6 Å². The van der Waals surface area contributed by atoms with Crippen LogP contribution in [0.25, 0.3) is 0 Å². The number of hydrogen-bond donors (Lipinski definition) is 7. The summed E-state index contributed by atoms with van der Waals surface area (Å²) < 4.78 is 11.5. The number of ether oxygens (including phenoxy) is 2. The standard InChI is InChI=1S/C28H40N4O7.C9H13N3O5/c1-17(2)22(25(34)32-15-9-13-21(32)27(36)37)29-24(33)20-12-8-14-31(20)26(35)23(18(3)4)30-28(38)39-16-19-10-6-5-7-11-19;10-5-1-2-12(9(16)11-5)8-7(15)6(14)4(3-13)17-8/h5-7,10-11,17-18,20-23H,8-9,12-16H2,1-4H3,(H,29,33)(H,30,38)(H,36,37);1-2,4,6-8,13-15H,3H2,(H2,10,11,16)/t20-,21-,22-,23-;4-,6-,7+,8-/m01/s1. The molecule has 0 aliphatic carbocycles. The number of amides is 4. The third kappa shape index (κ3) is 10.6. The lowest BCUT2D eigenvalue weighted by atomic mass is 10.0. The first-order chi connectivity index (χ1) is 26.5. The summed E-state index contributed by atoms with van der Waals surface area (Å²) in [4.78, 5) is 82.0. The lowest BCUT2D eigenvalue weighted by Gasteiger charge is -2.33. The second-order valence-corrected chi connectivity index (χ2v) is 14.6. The average molecular weight is 788 g/mol. The monoisotopic (exact) mass is 787 g/mol. The Kier molecular flexibility index (Phi) is 15.3. The molecule has 19 heteroatoms. The van der Waals surface area contributed by atoms with E-state index in [1.54, 1.807) is 27.7 Å². The fraction of sp³-hybridized carbons (Fsp3) is 0.595. The van der Waals surface area contributed by atoms with Gasteiger partial charge in [0.15, 0.2) is 6.23 Å². The number of anilines is 1. The molecule has 56 heavy (non-hydrogen) atoms. The molecule has 0 bridgehead atoms. The zero-order chi connectivity index (χ0) is 41.3. The molecule has 3 aliphatic rings. The summed E-state index contributed by atoms with van der Waals surface area (Å²) in [6.07, 6.45) is -2.01. The molecule has 0 saturated carbocycles. The number of carbonyl (C=O) groups is 5. The minimum absolute atomic E-state index is 0.0537. The highest BCUT2D eigenvalue weighted by Gasteiger charge is 2.44. The molecule has 4 amide bonds. The number of rotatable bonds is 12. The summed E-state index contributed by atoms with van der Waals surface area (Å²) in [5.41, 5.74) is 5.44. The first kappa shape index (κ1) is 43.6. The number of nitrogens with zero attached hydrogens (tertiary/aromatic N) is 4. The third-order valence-electron chi connectivity index (χ3n) is 9.95. The molecule has 8 atom stereocenters. The fourth-order valence-corrected chi connectivity index (χ4v) is 6.85. The summed E-state index contributed by atoms with van der Waals surface area (Å²) in [6.45, 7) is 7.44. The number of benzene rings is 1. The number of nitrogens with one attached hydrogen (secondary N) is 2. The van der Waals surface area contributed by atoms with Gasteiger partial charge in [-0.3, -0.25) is 19.0 Å². The highest BCUT2D eigenvalue weighted by atomic mass is 16.6. The van der Waals surface area contributed by atoms with Crippen LogP contribution in [0, 0.1) is 11.8 Å². The molecule has 4 heterocycles. The Bertz CT molecular complexity index is 1740. The van der Waals surface area contributed by atoms with E-state index in [0.29, 0.717) is 38.8 Å². The molecule has 0 unspecified atom stereocenters. The highest BCUT2D eigenvalue weighted by Crippen LogP contribution is 2.28. The number of carboxylic acids is 1. The molecule has 0 spiro atoms. The number of aliphatic hydroxyl groups excluding tert-OH is 3. The van der Waals surface area contributed by atoms with Crippen molar-refractivity contribution >= 4 is 35.6 Å². The zero-order valence-corrected chi connectivity index (χ0v) is 31.9. The SMILES string of the molecule is CC(C)[C@H](NC(=O)[C@@H]1CCCN1C(=O)[C@@H](NC(=O)OCc1ccccc1)C(C)C)C(=O)N1CCC[C@H]1C(=O)O.Nc1ccn([C@@H]2O[C@H](CO)[C@@H](O)[C@@H]2O)c(=O)n1. The first-order valence-corrected chi connectivity index (χ1v) is 18.6. The van der Waals surface area contributed by atoms with Crippen LogP contribution in [-0.2, 0) is 35.3 Å². The lowest BCUT2D eigenvalue weighted by Crippen LogP contribution is -2.59. The van der Waals surface area contributed by atoms with E-state index < -0.39 is 90.8 Å². The highest BCUT2D eigenvalue weighted by molar-refractivity contribution is 5.95. The van der Waals surface area contributed by atoms with Gasteiger partial charge in [-0.15, -0.1) is 0 Å². The van der Waals surface area contributed by atoms with Gasteiger partial charge in [0, 0.05) is 19.3 Å². The summed E-state index contributed by atoms with van der Waals surface area (Å²) in [7, 11) is 0. The van der Waals surface area contributed by atoms with Crippen molar-refractivity contribution in [2.45, 2.75) is 109 Å². The van der Waals surface area contributed by atoms with E-state index in [2.05, 4.69) is 15.6 Å². The van der Waals surface area contributed by atoms with Crippen LogP contribution in [0.15, 0.2) is 47.4 Å². The Morgan fingerprint density at radius 2 is 1.46 bits per heavy atom. The van der Waals surface area contributed by atoms with E-state index in [1.807, 2.05) is 30.3 Å². The average Bonchev–Trinajstić information content (AvgIpc) is 3.92. The Hall–Kier alpha value is -5.11. The van der Waals surface area contributed by atoms with Crippen molar-refractivity contribution in [2.24, 2.45) is 11.8 Å². The molecule has 3 aliphatic heterocycles. The molecule has 0 radical (unpaired) electrons. The summed E-state index contributed by atoms with van der Waals surface area (Å²) in [5.74, 6) is -2.84. The van der Waals surface area contributed by atoms with Gasteiger partial charge in [0.1, 0.15) is 54.9 Å². The Morgan fingerprint density at radius 3 is 2.00 bits per heavy atom. The second kappa shape index (κ2) is 19.7. The largest absolute Gasteiger partial charge is 0.480 e. The van der Waals surface area contributed by atoms with Crippen molar-refractivity contribution in [1.82, 2.24) is 30.0 Å². The van der Waals surface area contributed by atoms with Gasteiger partial charge in [0.25, 0.3) is 0 Å². The van der Waals surface area contributed by atoms with Crippen LogP contribution in [0.4, 0.5) is 10.6 Å². The maximum Gasteiger partial charge on any atom is 0.408 e. The van der Waals surface area contributed by atoms with Crippen LogP contribution < -0.4 is 22.1 Å². The molecule has 2 aromatic rings. The van der Waals surface area contributed by atoms with Gasteiger partial charge >= 0.3 is 17.8 Å². The van der Waals surface area contributed by atoms with E-state index in [1.165, 1.54) is 22.1 Å². The molecule has 1 aromatic carbocycles. The number of carboxylic acid groups (broad SMARTS) is 1. The topological polar surface area (TPSA) is 276 Å². The maximum atomic E-state index is 13.5. The number of alkyl carbamates (subject to hydrolysis) is 1. The predicted molar refractivity (Wildman–Crippen MR) is 198 cm³/mol. The van der Waals surface area contributed by atoms with Crippen molar-refractivity contribution in [3.8, 4) is 0 Å². The van der Waals surface area contributed by atoms with E-state index in [4.69, 9.17) is 20.3 Å². The van der Waals surface area contributed by atoms with Gasteiger partial charge in [0.2, 0.25) is 17.7 Å². The van der Waals surface area contributed by atoms with Gasteiger partial charge in [-0.1, -0.05) is 58.0 Å². The summed E-state index contributed by atoms with van der Waals surface area (Å²) in [5, 5.41) is 43.1. The van der Waals surface area contributed by atoms with Crippen LogP contribution in [0.3, 0.4) is 0 Å². The number of aliphatic carboxylic acids is 1. The zero-order valence-electron chi connectivity index (χ0n) is 31.9. The number of carbonyl (C=O) groups excluding carboxylic acids is 4. The first-order valence-electron chi connectivity index (χ1n) is 18.6. The quantitative estimate of drug-likeness (QED) is 0.144. The third-order valence-corrected chi connectivity index (χ3v) is 9.95. The molecule has 308 valence electrons. The molecule has 3 fully saturated rings. The van der Waals surface area contributed by atoms with Gasteiger partial charge in [-0.05, 0) is 49.1 Å². The van der Waals surface area contributed by atoms with Crippen molar-refractivity contribution in [1.29, 1.82) is 0 Å². The van der Waals surface area contributed by atoms with Gasteiger partial charge < -0.3 is 56.1 Å². The molecular formula is C37H53N7O12. The summed E-state index contributed by atoms with van der Waals surface area (Å²) >= 11 is 0. The molecule has 3 saturated heterocycles. The second-order valence-electron chi connectivity index (χ2n) is 14.6. The fourth-order valence-electron chi connectivity index (χ4n) is 6.85. The predicted octanol–water partition coefficient (Wildman–Crippen LogP) is -0.418. The van der Waals surface area contributed by atoms with Gasteiger partial charge in [0.05, 0.1) is 6.61 Å². The Balaban J connectivity index is 0.000000339. The number of aliphatic hydroxyl groups is 3. The van der Waals surface area contributed by atoms with Gasteiger partial charge in [-0.25, -0.2) is 14.4 Å². The van der Waals surface area contributed by atoms with Crippen molar-refractivity contribution in [3.63, 3.8) is 0 Å². The molecular weight excluding hydrogens is 734 g/mol. The molecule has 8 N–H and O–H groups in total. The Labute approximate surface area is 323 Å². The normalized spacial score (nSPS) is 24.3. The van der Waals surface area contributed by atoms with Crippen LogP contribution in [0.5, 0.6) is 0 Å². The molecule has 1 aromatic heterocycles. The molecule has 5 rings (SSSR count). The summed E-state index contributed by atoms with van der Waals surface area (Å²) in [6, 6.07) is 7.04. The van der Waals surface area contributed by atoms with Gasteiger partial charge in [-0.2, -0.15) is 4.98 Å². The maximum absolute atomic E-state index is 13.5. The minimum Gasteiger partial charge on any atom is -0.480 e. The van der Waals surface area contributed by atoms with Crippen LogP contribution in [0.2, 0.25) is 0 Å². The van der Waals surface area contributed by atoms with Crippen molar-refractivity contribution < 1.29 is 53.9 Å². The van der Waals surface area contributed by atoms with Crippen LogP contribution in [-0.4, -0.2) is 132 Å². The van der Waals surface area contributed by atoms with Crippen molar-refractivity contribution in [2.75, 3.05) is 25.4 Å².